The zero-order chi connectivity index (χ0) is 13.6. The second-order valence-corrected chi connectivity index (χ2v) is 4.94. The van der Waals surface area contributed by atoms with Crippen molar-refractivity contribution in [1.82, 2.24) is 15.2 Å². The third-order valence-corrected chi connectivity index (χ3v) is 3.63. The van der Waals surface area contributed by atoms with E-state index in [0.717, 1.165) is 5.69 Å². The van der Waals surface area contributed by atoms with Crippen LogP contribution >= 0.6 is 0 Å². The summed E-state index contributed by atoms with van der Waals surface area (Å²) in [5.41, 5.74) is 1.12. The second kappa shape index (κ2) is 4.15. The maximum atomic E-state index is 12.3. The zero-order valence-corrected chi connectivity index (χ0v) is 10.4. The number of carbonyl (C=O) groups is 3. The fourth-order valence-electron chi connectivity index (χ4n) is 2.63. The Hall–Kier alpha value is -2.24. The van der Waals surface area contributed by atoms with Gasteiger partial charge in [-0.1, -0.05) is 6.07 Å². The summed E-state index contributed by atoms with van der Waals surface area (Å²) < 4.78 is 0. The summed E-state index contributed by atoms with van der Waals surface area (Å²) in [6, 6.07) is 5.22. The Morgan fingerprint density at radius 2 is 1.89 bits per heavy atom. The van der Waals surface area contributed by atoms with E-state index >= 15 is 0 Å². The zero-order valence-electron chi connectivity index (χ0n) is 10.4. The molecule has 3 rings (SSSR count). The average Bonchev–Trinajstić information content (AvgIpc) is 2.92. The summed E-state index contributed by atoms with van der Waals surface area (Å²) >= 11 is 0. The van der Waals surface area contributed by atoms with Gasteiger partial charge in [-0.2, -0.15) is 0 Å². The Kier molecular flexibility index (Phi) is 2.58. The molecule has 98 valence electrons. The quantitative estimate of drug-likeness (QED) is 0.704. The first kappa shape index (κ1) is 11.8. The number of carbonyl (C=O) groups excluding carboxylic acids is 3. The summed E-state index contributed by atoms with van der Waals surface area (Å²) in [4.78, 5) is 41.1. The van der Waals surface area contributed by atoms with E-state index in [1.807, 2.05) is 13.0 Å². The molecule has 1 aromatic rings. The predicted molar refractivity (Wildman–Crippen MR) is 65.0 cm³/mol. The van der Waals surface area contributed by atoms with Gasteiger partial charge < -0.3 is 4.90 Å². The van der Waals surface area contributed by atoms with Crippen LogP contribution in [0.3, 0.4) is 0 Å². The van der Waals surface area contributed by atoms with Crippen molar-refractivity contribution < 1.29 is 14.4 Å². The minimum absolute atomic E-state index is 0.223. The standard InChI is InChI=1S/C13H13N3O3/c1-7-3-2-4-10(14-7)13(19)16-5-8-9(6-16)12(18)15-11(8)17/h2-4,8-9H,5-6H2,1H3,(H,15,17,18)/t8-,9+. The van der Waals surface area contributed by atoms with E-state index in [1.165, 1.54) is 4.90 Å². The molecule has 0 aromatic carbocycles. The minimum atomic E-state index is -0.402. The summed E-state index contributed by atoms with van der Waals surface area (Å²) in [7, 11) is 0. The topological polar surface area (TPSA) is 79.4 Å². The fourth-order valence-corrected chi connectivity index (χ4v) is 2.63. The smallest absolute Gasteiger partial charge is 0.272 e. The molecule has 3 heterocycles. The molecule has 0 aliphatic carbocycles. The third kappa shape index (κ3) is 1.89. The highest BCUT2D eigenvalue weighted by Gasteiger charge is 2.49. The van der Waals surface area contributed by atoms with Crippen LogP contribution in [0.15, 0.2) is 18.2 Å². The number of fused-ring (bicyclic) bond motifs is 1. The van der Waals surface area contributed by atoms with E-state index in [1.54, 1.807) is 12.1 Å². The van der Waals surface area contributed by atoms with Crippen LogP contribution < -0.4 is 5.32 Å². The van der Waals surface area contributed by atoms with E-state index in [-0.39, 0.29) is 30.8 Å². The van der Waals surface area contributed by atoms with Gasteiger partial charge in [0.25, 0.3) is 5.91 Å². The molecule has 2 aliphatic heterocycles. The lowest BCUT2D eigenvalue weighted by Crippen LogP contribution is -2.35. The van der Waals surface area contributed by atoms with E-state index in [0.29, 0.717) is 5.69 Å². The van der Waals surface area contributed by atoms with Gasteiger partial charge in [0.05, 0.1) is 11.8 Å². The van der Waals surface area contributed by atoms with Crippen molar-refractivity contribution in [3.8, 4) is 0 Å². The van der Waals surface area contributed by atoms with Gasteiger partial charge >= 0.3 is 0 Å². The predicted octanol–water partition coefficient (Wildman–Crippen LogP) is -0.265. The summed E-state index contributed by atoms with van der Waals surface area (Å²) in [5, 5.41) is 2.30. The highest BCUT2D eigenvalue weighted by molar-refractivity contribution is 6.06. The van der Waals surface area contributed by atoms with Gasteiger partial charge in [-0.15, -0.1) is 0 Å². The van der Waals surface area contributed by atoms with Crippen LogP contribution in [0, 0.1) is 18.8 Å². The van der Waals surface area contributed by atoms with Crippen molar-refractivity contribution in [1.29, 1.82) is 0 Å². The summed E-state index contributed by atoms with van der Waals surface area (Å²) in [6.07, 6.45) is 0. The number of likely N-dealkylation sites (tertiary alicyclic amines) is 1. The van der Waals surface area contributed by atoms with Crippen molar-refractivity contribution in [3.05, 3.63) is 29.6 Å². The molecule has 0 spiro atoms. The lowest BCUT2D eigenvalue weighted by atomic mass is 10.00. The number of aromatic nitrogens is 1. The molecule has 3 amide bonds. The van der Waals surface area contributed by atoms with Crippen molar-refractivity contribution in [2.75, 3.05) is 13.1 Å². The van der Waals surface area contributed by atoms with Crippen LogP contribution in [0.25, 0.3) is 0 Å². The first-order valence-corrected chi connectivity index (χ1v) is 6.14. The van der Waals surface area contributed by atoms with Gasteiger partial charge in [-0.25, -0.2) is 4.98 Å². The molecule has 6 heteroatoms. The molecule has 2 fully saturated rings. The lowest BCUT2D eigenvalue weighted by molar-refractivity contribution is -0.126. The molecule has 2 atom stereocenters. The fraction of sp³-hybridized carbons (Fsp3) is 0.385. The molecule has 2 aliphatic rings. The molecular formula is C13H13N3O3. The van der Waals surface area contributed by atoms with Crippen LogP contribution in [0.2, 0.25) is 0 Å². The molecule has 2 saturated heterocycles. The molecule has 0 saturated carbocycles. The number of amides is 3. The first-order valence-electron chi connectivity index (χ1n) is 6.14. The summed E-state index contributed by atoms with van der Waals surface area (Å²) in [6.45, 7) is 2.39. The van der Waals surface area contributed by atoms with Crippen LogP contribution in [0.1, 0.15) is 16.2 Å². The largest absolute Gasteiger partial charge is 0.336 e. The number of imide groups is 1. The number of nitrogens with one attached hydrogen (secondary N) is 1. The van der Waals surface area contributed by atoms with Crippen LogP contribution in [-0.4, -0.2) is 40.7 Å². The molecule has 0 bridgehead atoms. The molecule has 19 heavy (non-hydrogen) atoms. The molecule has 6 nitrogen and oxygen atoms in total. The van der Waals surface area contributed by atoms with Crippen LogP contribution in [0.5, 0.6) is 0 Å². The average molecular weight is 259 g/mol. The second-order valence-electron chi connectivity index (χ2n) is 4.94. The number of hydrogen-bond donors (Lipinski definition) is 1. The number of pyridine rings is 1. The lowest BCUT2D eigenvalue weighted by Gasteiger charge is -2.16. The molecule has 1 aromatic heterocycles. The van der Waals surface area contributed by atoms with E-state index < -0.39 is 11.8 Å². The normalized spacial score (nSPS) is 25.4. The summed E-state index contributed by atoms with van der Waals surface area (Å²) in [5.74, 6) is -1.58. The number of rotatable bonds is 1. The Morgan fingerprint density at radius 3 is 2.47 bits per heavy atom. The van der Waals surface area contributed by atoms with Crippen molar-refractivity contribution in [3.63, 3.8) is 0 Å². The van der Waals surface area contributed by atoms with E-state index in [9.17, 15) is 14.4 Å². The van der Waals surface area contributed by atoms with Crippen molar-refractivity contribution in [2.45, 2.75) is 6.92 Å². The van der Waals surface area contributed by atoms with Gasteiger partial charge in [-0.05, 0) is 19.1 Å². The molecule has 0 radical (unpaired) electrons. The third-order valence-electron chi connectivity index (χ3n) is 3.63. The van der Waals surface area contributed by atoms with Crippen LogP contribution in [-0.2, 0) is 9.59 Å². The van der Waals surface area contributed by atoms with Gasteiger partial charge in [0.2, 0.25) is 11.8 Å². The Bertz CT molecular complexity index is 562. The SMILES string of the molecule is Cc1cccc(C(=O)N2C[C@@H]3C(=O)NC(=O)[C@@H]3C2)n1. The monoisotopic (exact) mass is 259 g/mol. The minimum Gasteiger partial charge on any atom is -0.336 e. The highest BCUT2D eigenvalue weighted by Crippen LogP contribution is 2.29. The number of nitrogens with zero attached hydrogens (tertiary/aromatic N) is 2. The maximum absolute atomic E-state index is 12.3. The van der Waals surface area contributed by atoms with Gasteiger partial charge in [0.1, 0.15) is 5.69 Å². The Balaban J connectivity index is 1.80. The van der Waals surface area contributed by atoms with Crippen molar-refractivity contribution >= 4 is 17.7 Å². The maximum Gasteiger partial charge on any atom is 0.272 e. The van der Waals surface area contributed by atoms with Crippen molar-refractivity contribution in [2.24, 2.45) is 11.8 Å². The molecular weight excluding hydrogens is 246 g/mol. The van der Waals surface area contributed by atoms with E-state index in [2.05, 4.69) is 10.3 Å². The van der Waals surface area contributed by atoms with Gasteiger partial charge in [0, 0.05) is 18.8 Å². The van der Waals surface area contributed by atoms with Gasteiger partial charge in [0.15, 0.2) is 0 Å². The Labute approximate surface area is 109 Å². The number of aryl methyl sites for hydroxylation is 1. The van der Waals surface area contributed by atoms with Crippen LogP contribution in [0.4, 0.5) is 0 Å². The highest BCUT2D eigenvalue weighted by atomic mass is 16.2. The molecule has 1 N–H and O–H groups in total. The number of hydrogen-bond acceptors (Lipinski definition) is 4. The Morgan fingerprint density at radius 1 is 1.26 bits per heavy atom. The van der Waals surface area contributed by atoms with Gasteiger partial charge in [-0.3, -0.25) is 19.7 Å². The molecule has 0 unspecified atom stereocenters. The van der Waals surface area contributed by atoms with E-state index in [4.69, 9.17) is 0 Å². The first-order chi connectivity index (χ1) is 9.06.